The van der Waals surface area contributed by atoms with Crippen LogP contribution in [0.5, 0.6) is 0 Å². The van der Waals surface area contributed by atoms with E-state index in [0.717, 1.165) is 17.6 Å². The van der Waals surface area contributed by atoms with Crippen LogP contribution in [0.4, 0.5) is 0 Å². The minimum absolute atomic E-state index is 0.593. The van der Waals surface area contributed by atoms with E-state index >= 15 is 0 Å². The molecule has 1 aromatic heterocycles. The molecule has 1 aliphatic rings. The van der Waals surface area contributed by atoms with Gasteiger partial charge in [0.05, 0.1) is 12.0 Å². The van der Waals surface area contributed by atoms with Gasteiger partial charge in [-0.25, -0.2) is 4.98 Å². The Bertz CT molecular complexity index is 543. The van der Waals surface area contributed by atoms with Gasteiger partial charge < -0.3 is 9.88 Å². The first-order chi connectivity index (χ1) is 8.27. The lowest BCUT2D eigenvalue weighted by Crippen LogP contribution is -2.40. The van der Waals surface area contributed by atoms with Crippen LogP contribution in [0.1, 0.15) is 17.2 Å². The third-order valence-electron chi connectivity index (χ3n) is 3.37. The molecule has 2 aromatic rings. The van der Waals surface area contributed by atoms with Crippen molar-refractivity contribution >= 4 is 15.9 Å². The molecule has 2 heterocycles. The van der Waals surface area contributed by atoms with Crippen molar-refractivity contribution in [1.29, 1.82) is 0 Å². The minimum atomic E-state index is 0.593. The molecule has 88 valence electrons. The lowest BCUT2D eigenvalue weighted by molar-refractivity contribution is 0.435. The van der Waals surface area contributed by atoms with Crippen LogP contribution in [-0.2, 0) is 0 Å². The fourth-order valence-electron chi connectivity index (χ4n) is 2.16. The van der Waals surface area contributed by atoms with Gasteiger partial charge in [0.15, 0.2) is 0 Å². The lowest BCUT2D eigenvalue weighted by Gasteiger charge is -2.28. The maximum Gasteiger partial charge on any atom is 0.0994 e. The molecule has 0 amide bonds. The van der Waals surface area contributed by atoms with Crippen LogP contribution >= 0.6 is 15.9 Å². The smallest absolute Gasteiger partial charge is 0.0994 e. The van der Waals surface area contributed by atoms with Gasteiger partial charge in [0.2, 0.25) is 0 Å². The molecular formula is C13H14BrN3. The van der Waals surface area contributed by atoms with Gasteiger partial charge in [-0.1, -0.05) is 22.0 Å². The fraction of sp³-hybridized carbons (Fsp3) is 0.308. The predicted octanol–water partition coefficient (Wildman–Crippen LogP) is 2.63. The summed E-state index contributed by atoms with van der Waals surface area (Å²) in [6, 6.07) is 6.27. The third kappa shape index (κ3) is 1.81. The monoisotopic (exact) mass is 291 g/mol. The zero-order valence-electron chi connectivity index (χ0n) is 9.65. The normalized spacial score (nSPS) is 15.9. The van der Waals surface area contributed by atoms with Crippen molar-refractivity contribution in [1.82, 2.24) is 14.9 Å². The van der Waals surface area contributed by atoms with Crippen molar-refractivity contribution in [3.63, 3.8) is 0 Å². The highest BCUT2D eigenvalue weighted by atomic mass is 79.9. The molecule has 0 unspecified atom stereocenters. The highest BCUT2D eigenvalue weighted by Gasteiger charge is 2.23. The second kappa shape index (κ2) is 4.27. The van der Waals surface area contributed by atoms with Crippen molar-refractivity contribution in [3.05, 3.63) is 46.5 Å². The Labute approximate surface area is 109 Å². The van der Waals surface area contributed by atoms with Crippen molar-refractivity contribution in [2.24, 2.45) is 0 Å². The van der Waals surface area contributed by atoms with Crippen LogP contribution in [0.2, 0.25) is 0 Å². The highest BCUT2D eigenvalue weighted by Crippen LogP contribution is 2.27. The molecule has 3 rings (SSSR count). The quantitative estimate of drug-likeness (QED) is 0.922. The van der Waals surface area contributed by atoms with Crippen LogP contribution in [0.15, 0.2) is 35.2 Å². The van der Waals surface area contributed by atoms with E-state index in [1.54, 1.807) is 0 Å². The van der Waals surface area contributed by atoms with E-state index in [9.17, 15) is 0 Å². The molecule has 17 heavy (non-hydrogen) atoms. The molecule has 1 fully saturated rings. The van der Waals surface area contributed by atoms with Crippen LogP contribution in [-0.4, -0.2) is 22.6 Å². The summed E-state index contributed by atoms with van der Waals surface area (Å²) < 4.78 is 3.34. The number of imidazole rings is 1. The van der Waals surface area contributed by atoms with Crippen LogP contribution in [0.3, 0.4) is 0 Å². The molecule has 3 nitrogen and oxygen atoms in total. The standard InChI is InChI=1S/C13H14BrN3/c1-9-11(14)3-2-4-12(9)17-8-16-7-13(17)10-5-15-6-10/h2-4,7-8,10,15H,5-6H2,1H3. The van der Waals surface area contributed by atoms with E-state index < -0.39 is 0 Å². The lowest BCUT2D eigenvalue weighted by atomic mass is 9.99. The summed E-state index contributed by atoms with van der Waals surface area (Å²) in [6.07, 6.45) is 3.88. The molecule has 0 bridgehead atoms. The maximum absolute atomic E-state index is 4.29. The average Bonchev–Trinajstić information content (AvgIpc) is 2.68. The van der Waals surface area contributed by atoms with Gasteiger partial charge in [0, 0.05) is 35.4 Å². The van der Waals surface area contributed by atoms with Gasteiger partial charge in [0.25, 0.3) is 0 Å². The van der Waals surface area contributed by atoms with Gasteiger partial charge >= 0.3 is 0 Å². The summed E-state index contributed by atoms with van der Waals surface area (Å²) in [5, 5.41) is 3.30. The Balaban J connectivity index is 2.09. The van der Waals surface area contributed by atoms with Gasteiger partial charge in [0.1, 0.15) is 0 Å². The summed E-state index contributed by atoms with van der Waals surface area (Å²) in [7, 11) is 0. The summed E-state index contributed by atoms with van der Waals surface area (Å²) in [4.78, 5) is 4.29. The fourth-order valence-corrected chi connectivity index (χ4v) is 2.52. The van der Waals surface area contributed by atoms with Crippen molar-refractivity contribution in [2.75, 3.05) is 13.1 Å². The Morgan fingerprint density at radius 2 is 2.24 bits per heavy atom. The van der Waals surface area contributed by atoms with Crippen LogP contribution in [0.25, 0.3) is 5.69 Å². The van der Waals surface area contributed by atoms with Crippen molar-refractivity contribution in [3.8, 4) is 5.69 Å². The Morgan fingerprint density at radius 1 is 1.41 bits per heavy atom. The maximum atomic E-state index is 4.29. The van der Waals surface area contributed by atoms with Crippen molar-refractivity contribution in [2.45, 2.75) is 12.8 Å². The van der Waals surface area contributed by atoms with E-state index in [1.165, 1.54) is 16.9 Å². The van der Waals surface area contributed by atoms with Gasteiger partial charge in [-0.2, -0.15) is 0 Å². The molecule has 0 aliphatic carbocycles. The summed E-state index contributed by atoms with van der Waals surface area (Å²) in [6.45, 7) is 4.24. The van der Waals surface area contributed by atoms with Crippen molar-refractivity contribution < 1.29 is 0 Å². The molecule has 0 atom stereocenters. The summed E-state index contributed by atoms with van der Waals surface area (Å²) >= 11 is 3.58. The number of hydrogen-bond donors (Lipinski definition) is 1. The number of aromatic nitrogens is 2. The zero-order valence-corrected chi connectivity index (χ0v) is 11.2. The van der Waals surface area contributed by atoms with E-state index in [4.69, 9.17) is 0 Å². The molecule has 4 heteroatoms. The average molecular weight is 292 g/mol. The number of hydrogen-bond acceptors (Lipinski definition) is 2. The minimum Gasteiger partial charge on any atom is -0.315 e. The Hall–Kier alpha value is -1.13. The largest absolute Gasteiger partial charge is 0.315 e. The van der Waals surface area contributed by atoms with E-state index in [1.807, 2.05) is 12.5 Å². The molecule has 1 aliphatic heterocycles. The zero-order chi connectivity index (χ0) is 11.8. The molecule has 0 saturated carbocycles. The molecule has 1 N–H and O–H groups in total. The van der Waals surface area contributed by atoms with E-state index in [-0.39, 0.29) is 0 Å². The molecule has 0 spiro atoms. The second-order valence-electron chi connectivity index (χ2n) is 4.43. The second-order valence-corrected chi connectivity index (χ2v) is 5.28. The van der Waals surface area contributed by atoms with Gasteiger partial charge in [-0.15, -0.1) is 0 Å². The SMILES string of the molecule is Cc1c(Br)cccc1-n1cncc1C1CNC1. The number of benzene rings is 1. The number of nitrogens with one attached hydrogen (secondary N) is 1. The summed E-state index contributed by atoms with van der Waals surface area (Å²) in [5.41, 5.74) is 3.75. The topological polar surface area (TPSA) is 29.9 Å². The number of nitrogens with zero attached hydrogens (tertiary/aromatic N) is 2. The number of rotatable bonds is 2. The highest BCUT2D eigenvalue weighted by molar-refractivity contribution is 9.10. The van der Waals surface area contributed by atoms with Gasteiger partial charge in [-0.3, -0.25) is 0 Å². The van der Waals surface area contributed by atoms with Crippen LogP contribution < -0.4 is 5.32 Å². The number of halogens is 1. The first-order valence-corrected chi connectivity index (χ1v) is 6.55. The molecule has 1 aromatic carbocycles. The Kier molecular flexibility index (Phi) is 2.76. The van der Waals surface area contributed by atoms with Crippen LogP contribution in [0, 0.1) is 6.92 Å². The molecule has 0 radical (unpaired) electrons. The third-order valence-corrected chi connectivity index (χ3v) is 4.22. The molecular weight excluding hydrogens is 278 g/mol. The Morgan fingerprint density at radius 3 is 2.94 bits per heavy atom. The van der Waals surface area contributed by atoms with E-state index in [0.29, 0.717) is 5.92 Å². The predicted molar refractivity (Wildman–Crippen MR) is 71.6 cm³/mol. The molecule has 1 saturated heterocycles. The van der Waals surface area contributed by atoms with E-state index in [2.05, 4.69) is 55.9 Å². The first kappa shape index (κ1) is 11.0. The van der Waals surface area contributed by atoms with Gasteiger partial charge in [-0.05, 0) is 24.6 Å². The summed E-state index contributed by atoms with van der Waals surface area (Å²) in [5.74, 6) is 0.593. The first-order valence-electron chi connectivity index (χ1n) is 5.76.